The Hall–Kier alpha value is -3.46. The average Bonchev–Trinajstić information content (AvgIpc) is 2.64. The molecule has 6 heteroatoms. The Morgan fingerprint density at radius 1 is 1.27 bits per heavy atom. The average molecular weight is 350 g/mol. The van der Waals surface area contributed by atoms with Crippen LogP contribution in [0.15, 0.2) is 54.2 Å². The largest absolute Gasteiger partial charge is 0.497 e. The summed E-state index contributed by atoms with van der Waals surface area (Å²) < 4.78 is 5.12. The number of nitriles is 1. The number of nitrogens with one attached hydrogen (secondary N) is 2. The molecule has 4 N–H and O–H groups in total. The zero-order valence-electron chi connectivity index (χ0n) is 15.0. The van der Waals surface area contributed by atoms with E-state index in [1.54, 1.807) is 13.2 Å². The van der Waals surface area contributed by atoms with E-state index in [0.717, 1.165) is 16.9 Å². The van der Waals surface area contributed by atoms with Crippen LogP contribution in [0.3, 0.4) is 0 Å². The van der Waals surface area contributed by atoms with Crippen molar-refractivity contribution in [1.82, 2.24) is 5.32 Å². The van der Waals surface area contributed by atoms with Gasteiger partial charge in [-0.2, -0.15) is 5.26 Å². The van der Waals surface area contributed by atoms with Crippen LogP contribution in [0, 0.1) is 18.3 Å². The van der Waals surface area contributed by atoms with Crippen molar-refractivity contribution < 1.29 is 9.53 Å². The number of nitrogens with two attached hydrogens (primary N) is 1. The molecule has 134 valence electrons. The summed E-state index contributed by atoms with van der Waals surface area (Å²) in [7, 11) is 1.60. The lowest BCUT2D eigenvalue weighted by Crippen LogP contribution is -2.28. The van der Waals surface area contributed by atoms with E-state index in [4.69, 9.17) is 10.5 Å². The molecule has 1 unspecified atom stereocenters. The maximum absolute atomic E-state index is 12.4. The Bertz CT molecular complexity index is 851. The molecule has 0 aliphatic heterocycles. The van der Waals surface area contributed by atoms with E-state index in [1.165, 1.54) is 6.20 Å². The van der Waals surface area contributed by atoms with Crippen LogP contribution < -0.4 is 21.1 Å². The molecular weight excluding hydrogens is 328 g/mol. The summed E-state index contributed by atoms with van der Waals surface area (Å²) in [5.74, 6) is 0.277. The predicted octanol–water partition coefficient (Wildman–Crippen LogP) is 3.28. The minimum Gasteiger partial charge on any atom is -0.497 e. The Balaban J connectivity index is 2.07. The Morgan fingerprint density at radius 2 is 1.96 bits per heavy atom. The molecule has 2 aromatic carbocycles. The van der Waals surface area contributed by atoms with Crippen molar-refractivity contribution in [3.8, 4) is 11.8 Å². The van der Waals surface area contributed by atoms with Crippen molar-refractivity contribution in [3.05, 3.63) is 65.4 Å². The molecule has 0 aliphatic rings. The van der Waals surface area contributed by atoms with Crippen molar-refractivity contribution in [3.63, 3.8) is 0 Å². The second kappa shape index (κ2) is 8.58. The summed E-state index contributed by atoms with van der Waals surface area (Å²) in [6.07, 6.45) is 1.36. The summed E-state index contributed by atoms with van der Waals surface area (Å²) in [5.41, 5.74) is 8.97. The molecule has 0 fully saturated rings. The first-order chi connectivity index (χ1) is 12.4. The fourth-order valence-electron chi connectivity index (χ4n) is 2.34. The number of methoxy groups -OCH3 is 1. The van der Waals surface area contributed by atoms with Gasteiger partial charge in [0.2, 0.25) is 0 Å². The topological polar surface area (TPSA) is 100 Å². The van der Waals surface area contributed by atoms with Crippen LogP contribution in [0.25, 0.3) is 0 Å². The number of nitrogen functional groups attached to an aromatic ring is 1. The van der Waals surface area contributed by atoms with Gasteiger partial charge in [0.05, 0.1) is 24.5 Å². The summed E-state index contributed by atoms with van der Waals surface area (Å²) in [4.78, 5) is 12.4. The lowest BCUT2D eigenvalue weighted by atomic mass is 10.1. The lowest BCUT2D eigenvalue weighted by Gasteiger charge is -2.14. The van der Waals surface area contributed by atoms with E-state index in [2.05, 4.69) is 10.6 Å². The highest BCUT2D eigenvalue weighted by atomic mass is 16.5. The second-order valence-corrected chi connectivity index (χ2v) is 5.87. The maximum atomic E-state index is 12.4. The summed E-state index contributed by atoms with van der Waals surface area (Å²) >= 11 is 0. The number of carbonyl (C=O) groups excluding carboxylic acids is 1. The second-order valence-electron chi connectivity index (χ2n) is 5.87. The van der Waals surface area contributed by atoms with Gasteiger partial charge < -0.3 is 21.1 Å². The molecule has 2 aromatic rings. The van der Waals surface area contributed by atoms with Gasteiger partial charge in [-0.3, -0.25) is 4.79 Å². The standard InChI is InChI=1S/C20H22N4O2/c1-13-4-9-18(22)19(10-13)23-12-16(11-21)20(25)24-14(2)15-5-7-17(26-3)8-6-15/h4-10,12,14,23H,22H2,1-3H3,(H,24,25)/b16-12-. The Kier molecular flexibility index (Phi) is 6.23. The minimum absolute atomic E-state index is 0.0359. The van der Waals surface area contributed by atoms with Crippen molar-refractivity contribution in [1.29, 1.82) is 5.26 Å². The molecule has 1 amide bonds. The molecule has 0 saturated heterocycles. The summed E-state index contributed by atoms with van der Waals surface area (Å²) in [6.45, 7) is 3.78. The zero-order valence-corrected chi connectivity index (χ0v) is 15.0. The van der Waals surface area contributed by atoms with E-state index in [0.29, 0.717) is 11.4 Å². The van der Waals surface area contributed by atoms with E-state index in [9.17, 15) is 10.1 Å². The molecule has 0 aliphatic carbocycles. The number of benzene rings is 2. The smallest absolute Gasteiger partial charge is 0.263 e. The van der Waals surface area contributed by atoms with Crippen LogP contribution in [-0.4, -0.2) is 13.0 Å². The van der Waals surface area contributed by atoms with Crippen LogP contribution in [0.2, 0.25) is 0 Å². The number of anilines is 2. The molecule has 1 atom stereocenters. The molecule has 0 aromatic heterocycles. The van der Waals surface area contributed by atoms with Crippen molar-refractivity contribution in [2.75, 3.05) is 18.2 Å². The number of ether oxygens (including phenoxy) is 1. The molecule has 0 heterocycles. The molecule has 26 heavy (non-hydrogen) atoms. The number of rotatable bonds is 6. The number of hydrogen-bond acceptors (Lipinski definition) is 5. The zero-order chi connectivity index (χ0) is 19.1. The molecule has 0 spiro atoms. The maximum Gasteiger partial charge on any atom is 0.263 e. The quantitative estimate of drug-likeness (QED) is 0.422. The number of amides is 1. The van der Waals surface area contributed by atoms with Gasteiger partial charge in [-0.1, -0.05) is 18.2 Å². The first-order valence-corrected chi connectivity index (χ1v) is 8.12. The molecule has 0 bridgehead atoms. The van der Waals surface area contributed by atoms with Gasteiger partial charge in [-0.15, -0.1) is 0 Å². The first-order valence-electron chi connectivity index (χ1n) is 8.12. The van der Waals surface area contributed by atoms with E-state index >= 15 is 0 Å². The van der Waals surface area contributed by atoms with Crippen LogP contribution in [0.1, 0.15) is 24.1 Å². The third-order valence-electron chi connectivity index (χ3n) is 3.91. The highest BCUT2D eigenvalue weighted by molar-refractivity contribution is 5.97. The monoisotopic (exact) mass is 350 g/mol. The molecule has 0 saturated carbocycles. The highest BCUT2D eigenvalue weighted by Gasteiger charge is 2.14. The number of aryl methyl sites for hydroxylation is 1. The van der Waals surface area contributed by atoms with Crippen LogP contribution >= 0.6 is 0 Å². The van der Waals surface area contributed by atoms with Gasteiger partial charge in [0.15, 0.2) is 0 Å². The van der Waals surface area contributed by atoms with E-state index in [1.807, 2.05) is 56.3 Å². The predicted molar refractivity (Wildman–Crippen MR) is 102 cm³/mol. The SMILES string of the molecule is COc1ccc(C(C)NC(=O)/C(C#N)=C\Nc2cc(C)ccc2N)cc1. The first kappa shape index (κ1) is 18.9. The van der Waals surface area contributed by atoms with E-state index in [-0.39, 0.29) is 11.6 Å². The van der Waals surface area contributed by atoms with Gasteiger partial charge >= 0.3 is 0 Å². The Morgan fingerprint density at radius 3 is 2.58 bits per heavy atom. The molecule has 6 nitrogen and oxygen atoms in total. The normalized spacial score (nSPS) is 12.0. The van der Waals surface area contributed by atoms with Gasteiger partial charge in [-0.05, 0) is 49.2 Å². The van der Waals surface area contributed by atoms with Crippen LogP contribution in [0.4, 0.5) is 11.4 Å². The fourth-order valence-corrected chi connectivity index (χ4v) is 2.34. The van der Waals surface area contributed by atoms with Crippen LogP contribution in [0.5, 0.6) is 5.75 Å². The third kappa shape index (κ3) is 4.77. The third-order valence-corrected chi connectivity index (χ3v) is 3.91. The van der Waals surface area contributed by atoms with Gasteiger partial charge in [0.25, 0.3) is 5.91 Å². The summed E-state index contributed by atoms with van der Waals surface area (Å²) in [5, 5.41) is 15.0. The Labute approximate surface area is 153 Å². The molecule has 0 radical (unpaired) electrons. The van der Waals surface area contributed by atoms with Crippen molar-refractivity contribution >= 4 is 17.3 Å². The van der Waals surface area contributed by atoms with Gasteiger partial charge in [0.1, 0.15) is 17.4 Å². The summed E-state index contributed by atoms with van der Waals surface area (Å²) in [6, 6.07) is 14.5. The fraction of sp³-hybridized carbons (Fsp3) is 0.200. The van der Waals surface area contributed by atoms with Crippen molar-refractivity contribution in [2.45, 2.75) is 19.9 Å². The molecule has 2 rings (SSSR count). The number of carbonyl (C=O) groups is 1. The minimum atomic E-state index is -0.463. The van der Waals surface area contributed by atoms with E-state index < -0.39 is 5.91 Å². The van der Waals surface area contributed by atoms with Crippen LogP contribution in [-0.2, 0) is 4.79 Å². The van der Waals surface area contributed by atoms with Crippen molar-refractivity contribution in [2.24, 2.45) is 0 Å². The lowest BCUT2D eigenvalue weighted by molar-refractivity contribution is -0.117. The van der Waals surface area contributed by atoms with Gasteiger partial charge in [-0.25, -0.2) is 0 Å². The molecular formula is C20H22N4O2. The van der Waals surface area contributed by atoms with Gasteiger partial charge in [0, 0.05) is 6.20 Å². The number of hydrogen-bond donors (Lipinski definition) is 3. The number of nitrogens with zero attached hydrogens (tertiary/aromatic N) is 1. The highest BCUT2D eigenvalue weighted by Crippen LogP contribution is 2.20.